The molecular weight excluding hydrogens is 276 g/mol. The van der Waals surface area contributed by atoms with Crippen molar-refractivity contribution in [2.24, 2.45) is 0 Å². The van der Waals surface area contributed by atoms with Gasteiger partial charge in [-0.2, -0.15) is 0 Å². The molecule has 0 atom stereocenters. The number of hydrogen-bond donors (Lipinski definition) is 0. The number of para-hydroxylation sites is 1. The Morgan fingerprint density at radius 1 is 0.909 bits per heavy atom. The van der Waals surface area contributed by atoms with Gasteiger partial charge >= 0.3 is 5.63 Å². The summed E-state index contributed by atoms with van der Waals surface area (Å²) in [5, 5.41) is 0.876. The van der Waals surface area contributed by atoms with E-state index in [1.54, 1.807) is 12.1 Å². The van der Waals surface area contributed by atoms with Crippen LogP contribution in [0.1, 0.15) is 18.4 Å². The molecule has 0 aliphatic rings. The summed E-state index contributed by atoms with van der Waals surface area (Å²) in [6.45, 7) is 0.524. The summed E-state index contributed by atoms with van der Waals surface area (Å²) >= 11 is 0. The normalized spacial score (nSPS) is 10.7. The third kappa shape index (κ3) is 3.55. The lowest BCUT2D eigenvalue weighted by Crippen LogP contribution is -2.08. The fourth-order valence-electron chi connectivity index (χ4n) is 2.40. The fourth-order valence-corrected chi connectivity index (χ4v) is 2.40. The predicted octanol–water partition coefficient (Wildman–Crippen LogP) is 4.19. The van der Waals surface area contributed by atoms with Crippen molar-refractivity contribution < 1.29 is 9.15 Å². The fraction of sp³-hybridized carbons (Fsp3) is 0.211. The maximum absolute atomic E-state index is 11.8. The highest BCUT2D eigenvalue weighted by Crippen LogP contribution is 2.16. The Morgan fingerprint density at radius 2 is 1.68 bits per heavy atom. The van der Waals surface area contributed by atoms with E-state index in [9.17, 15) is 4.79 Å². The minimum atomic E-state index is -0.415. The molecule has 0 aliphatic heterocycles. The number of benzene rings is 2. The Balaban J connectivity index is 1.53. The molecule has 1 heterocycles. The van der Waals surface area contributed by atoms with Gasteiger partial charge in [0.1, 0.15) is 5.58 Å². The van der Waals surface area contributed by atoms with Crippen LogP contribution in [-0.2, 0) is 6.42 Å². The van der Waals surface area contributed by atoms with Gasteiger partial charge in [-0.05, 0) is 37.0 Å². The molecule has 0 bridgehead atoms. The topological polar surface area (TPSA) is 39.4 Å². The van der Waals surface area contributed by atoms with Gasteiger partial charge in [-0.1, -0.05) is 48.5 Å². The molecule has 3 heteroatoms. The molecule has 3 nitrogen and oxygen atoms in total. The average Bonchev–Trinajstić information content (AvgIpc) is 2.56. The highest BCUT2D eigenvalue weighted by atomic mass is 16.5. The van der Waals surface area contributed by atoms with Gasteiger partial charge in [0.15, 0.2) is 0 Å². The van der Waals surface area contributed by atoms with Crippen LogP contribution in [0.15, 0.2) is 69.9 Å². The van der Waals surface area contributed by atoms with Crippen molar-refractivity contribution in [3.63, 3.8) is 0 Å². The predicted molar refractivity (Wildman–Crippen MR) is 87.4 cm³/mol. The lowest BCUT2D eigenvalue weighted by molar-refractivity contribution is 0.293. The molecule has 3 aromatic rings. The van der Waals surface area contributed by atoms with Crippen molar-refractivity contribution >= 4 is 11.0 Å². The molecular formula is C19H18O3. The molecule has 0 spiro atoms. The molecule has 0 aliphatic carbocycles. The number of rotatable bonds is 6. The van der Waals surface area contributed by atoms with Gasteiger partial charge in [-0.3, -0.25) is 0 Å². The van der Waals surface area contributed by atoms with Crippen molar-refractivity contribution in [2.75, 3.05) is 6.61 Å². The summed E-state index contributed by atoms with van der Waals surface area (Å²) in [6, 6.07) is 19.5. The largest absolute Gasteiger partial charge is 0.487 e. The van der Waals surface area contributed by atoms with Crippen molar-refractivity contribution in [2.45, 2.75) is 19.3 Å². The molecule has 22 heavy (non-hydrogen) atoms. The molecule has 112 valence electrons. The van der Waals surface area contributed by atoms with Crippen LogP contribution in [0.2, 0.25) is 0 Å². The van der Waals surface area contributed by atoms with E-state index >= 15 is 0 Å². The van der Waals surface area contributed by atoms with Gasteiger partial charge in [0.05, 0.1) is 6.61 Å². The zero-order chi connectivity index (χ0) is 15.2. The van der Waals surface area contributed by atoms with E-state index in [1.807, 2.05) is 36.4 Å². The summed E-state index contributed by atoms with van der Waals surface area (Å²) in [7, 11) is 0. The minimum Gasteiger partial charge on any atom is -0.487 e. The first-order chi connectivity index (χ1) is 10.8. The Kier molecular flexibility index (Phi) is 4.54. The highest BCUT2D eigenvalue weighted by molar-refractivity contribution is 5.77. The number of fused-ring (bicyclic) bond motifs is 1. The molecule has 0 amide bonds. The first-order valence-corrected chi connectivity index (χ1v) is 7.52. The molecule has 0 N–H and O–H groups in total. The van der Waals surface area contributed by atoms with E-state index in [0.29, 0.717) is 17.9 Å². The first-order valence-electron chi connectivity index (χ1n) is 7.52. The molecule has 0 fully saturated rings. The third-order valence-corrected chi connectivity index (χ3v) is 3.57. The van der Waals surface area contributed by atoms with Gasteiger partial charge in [-0.15, -0.1) is 0 Å². The number of aryl methyl sites for hydroxylation is 1. The maximum Gasteiger partial charge on any atom is 0.379 e. The van der Waals surface area contributed by atoms with E-state index in [0.717, 1.165) is 24.6 Å². The van der Waals surface area contributed by atoms with Crippen LogP contribution in [0, 0.1) is 0 Å². The lowest BCUT2D eigenvalue weighted by atomic mass is 10.1. The minimum absolute atomic E-state index is 0.290. The monoisotopic (exact) mass is 294 g/mol. The van der Waals surface area contributed by atoms with Crippen LogP contribution >= 0.6 is 0 Å². The Bertz CT molecular complexity index is 790. The lowest BCUT2D eigenvalue weighted by Gasteiger charge is -2.06. The zero-order valence-corrected chi connectivity index (χ0v) is 12.3. The molecule has 0 saturated carbocycles. The molecule has 3 rings (SSSR count). The van der Waals surface area contributed by atoms with Gasteiger partial charge < -0.3 is 9.15 Å². The van der Waals surface area contributed by atoms with Crippen molar-refractivity contribution in [1.82, 2.24) is 0 Å². The Morgan fingerprint density at radius 3 is 2.55 bits per heavy atom. The van der Waals surface area contributed by atoms with Gasteiger partial charge in [0.2, 0.25) is 5.75 Å². The van der Waals surface area contributed by atoms with E-state index < -0.39 is 5.63 Å². The Labute approximate surface area is 129 Å². The van der Waals surface area contributed by atoms with E-state index in [2.05, 4.69) is 12.1 Å². The zero-order valence-electron chi connectivity index (χ0n) is 12.3. The summed E-state index contributed by atoms with van der Waals surface area (Å²) in [6.07, 6.45) is 2.96. The number of unbranched alkanes of at least 4 members (excludes halogenated alkanes) is 1. The van der Waals surface area contributed by atoms with E-state index in [4.69, 9.17) is 9.15 Å². The average molecular weight is 294 g/mol. The second-order valence-corrected chi connectivity index (χ2v) is 5.23. The summed E-state index contributed by atoms with van der Waals surface area (Å²) in [4.78, 5) is 11.8. The van der Waals surface area contributed by atoms with Crippen LogP contribution in [-0.4, -0.2) is 6.61 Å². The highest BCUT2D eigenvalue weighted by Gasteiger charge is 2.05. The smallest absolute Gasteiger partial charge is 0.379 e. The number of ether oxygens (including phenoxy) is 1. The van der Waals surface area contributed by atoms with Crippen molar-refractivity contribution in [3.05, 3.63) is 76.6 Å². The Hall–Kier alpha value is -2.55. The van der Waals surface area contributed by atoms with Crippen LogP contribution in [0.25, 0.3) is 11.0 Å². The molecule has 0 saturated heterocycles. The van der Waals surface area contributed by atoms with Gasteiger partial charge in [0, 0.05) is 5.39 Å². The van der Waals surface area contributed by atoms with Crippen LogP contribution < -0.4 is 10.4 Å². The second kappa shape index (κ2) is 6.94. The van der Waals surface area contributed by atoms with Gasteiger partial charge in [-0.25, -0.2) is 4.79 Å². The standard InChI is InChI=1S/C19H18O3/c20-19-18(14-16-11-4-5-12-17(16)22-19)21-13-7-6-10-15-8-2-1-3-9-15/h1-5,8-9,11-12,14H,6-7,10,13H2. The molecule has 1 aromatic heterocycles. The van der Waals surface area contributed by atoms with E-state index in [-0.39, 0.29) is 0 Å². The maximum atomic E-state index is 11.8. The molecule has 0 unspecified atom stereocenters. The van der Waals surface area contributed by atoms with Crippen LogP contribution in [0.5, 0.6) is 5.75 Å². The summed E-state index contributed by atoms with van der Waals surface area (Å²) in [5.74, 6) is 0.290. The summed E-state index contributed by atoms with van der Waals surface area (Å²) in [5.41, 5.74) is 1.50. The first kappa shape index (κ1) is 14.4. The molecule has 2 aromatic carbocycles. The molecule has 0 radical (unpaired) electrons. The van der Waals surface area contributed by atoms with Gasteiger partial charge in [0.25, 0.3) is 0 Å². The van der Waals surface area contributed by atoms with E-state index in [1.165, 1.54) is 5.56 Å². The third-order valence-electron chi connectivity index (χ3n) is 3.57. The van der Waals surface area contributed by atoms with Crippen molar-refractivity contribution in [3.8, 4) is 5.75 Å². The number of hydrogen-bond acceptors (Lipinski definition) is 3. The summed E-state index contributed by atoms with van der Waals surface area (Å²) < 4.78 is 10.8. The quantitative estimate of drug-likeness (QED) is 0.505. The van der Waals surface area contributed by atoms with Crippen LogP contribution in [0.3, 0.4) is 0 Å². The second-order valence-electron chi connectivity index (χ2n) is 5.23. The van der Waals surface area contributed by atoms with Crippen molar-refractivity contribution in [1.29, 1.82) is 0 Å². The SMILES string of the molecule is O=c1oc2ccccc2cc1OCCCCc1ccccc1. The van der Waals surface area contributed by atoms with Crippen LogP contribution in [0.4, 0.5) is 0 Å².